The van der Waals surface area contributed by atoms with Gasteiger partial charge in [0, 0.05) is 38.5 Å². The van der Waals surface area contributed by atoms with Crippen LogP contribution in [0.5, 0.6) is 0 Å². The minimum atomic E-state index is -0.395. The second-order valence-electron chi connectivity index (χ2n) is 7.13. The number of hydrogen-bond donors (Lipinski definition) is 1. The quantitative estimate of drug-likeness (QED) is 0.822. The Hall–Kier alpha value is -1.59. The van der Waals surface area contributed by atoms with Crippen molar-refractivity contribution in [1.82, 2.24) is 4.90 Å². The average Bonchev–Trinajstić information content (AvgIpc) is 2.56. The summed E-state index contributed by atoms with van der Waals surface area (Å²) in [7, 11) is 3.46. The highest BCUT2D eigenvalue weighted by Crippen LogP contribution is 2.35. The Morgan fingerprint density at radius 1 is 1.20 bits per heavy atom. The Kier molecular flexibility index (Phi) is 6.85. The molecule has 0 bridgehead atoms. The average molecular weight is 348 g/mol. The number of rotatable bonds is 6. The number of nitrogens with zero attached hydrogens (tertiary/aromatic N) is 1. The Morgan fingerprint density at radius 2 is 1.80 bits per heavy atom. The summed E-state index contributed by atoms with van der Waals surface area (Å²) in [6.45, 7) is 7.78. The molecule has 2 amide bonds. The van der Waals surface area contributed by atoms with E-state index in [4.69, 9.17) is 9.47 Å². The largest absolute Gasteiger partial charge is 0.349 e. The van der Waals surface area contributed by atoms with E-state index in [9.17, 15) is 4.79 Å². The van der Waals surface area contributed by atoms with Gasteiger partial charge in [-0.1, -0.05) is 32.8 Å². The Balaban J connectivity index is 2.04. The lowest BCUT2D eigenvalue weighted by atomic mass is 9.93. The number of ether oxygens (including phenoxy) is 2. The number of benzene rings is 1. The first-order chi connectivity index (χ1) is 11.9. The zero-order valence-electron chi connectivity index (χ0n) is 16.2. The molecule has 1 aliphatic rings. The molecule has 0 spiro atoms. The molecule has 5 heteroatoms. The van der Waals surface area contributed by atoms with E-state index in [1.54, 1.807) is 14.1 Å². The van der Waals surface area contributed by atoms with Crippen LogP contribution in [-0.4, -0.2) is 44.0 Å². The molecule has 0 saturated carbocycles. The SMILES string of the molecule is CCCC1(CCC)OCC(c2ccc(NC(=O)N(C)C)cc2C)CO1. The Labute approximate surface area is 151 Å². The van der Waals surface area contributed by atoms with Crippen LogP contribution in [0.3, 0.4) is 0 Å². The zero-order valence-corrected chi connectivity index (χ0v) is 16.2. The van der Waals surface area contributed by atoms with Crippen LogP contribution in [0.1, 0.15) is 56.6 Å². The summed E-state index contributed by atoms with van der Waals surface area (Å²) < 4.78 is 12.4. The van der Waals surface area contributed by atoms with Crippen molar-refractivity contribution >= 4 is 11.7 Å². The van der Waals surface area contributed by atoms with Gasteiger partial charge in [0.15, 0.2) is 5.79 Å². The van der Waals surface area contributed by atoms with Crippen molar-refractivity contribution in [3.05, 3.63) is 29.3 Å². The summed E-state index contributed by atoms with van der Waals surface area (Å²) in [6.07, 6.45) is 4.01. The van der Waals surface area contributed by atoms with E-state index in [-0.39, 0.29) is 11.9 Å². The molecule has 0 unspecified atom stereocenters. The number of urea groups is 1. The molecular formula is C20H32N2O3. The van der Waals surface area contributed by atoms with Crippen molar-refractivity contribution < 1.29 is 14.3 Å². The molecule has 1 heterocycles. The van der Waals surface area contributed by atoms with E-state index in [0.29, 0.717) is 13.2 Å². The molecule has 2 rings (SSSR count). The zero-order chi connectivity index (χ0) is 18.4. The predicted octanol–water partition coefficient (Wildman–Crippen LogP) is 4.52. The van der Waals surface area contributed by atoms with Crippen LogP contribution in [0.15, 0.2) is 18.2 Å². The molecule has 25 heavy (non-hydrogen) atoms. The second kappa shape index (κ2) is 8.68. The number of nitrogens with one attached hydrogen (secondary N) is 1. The molecule has 1 aromatic rings. The van der Waals surface area contributed by atoms with Crippen LogP contribution >= 0.6 is 0 Å². The summed E-state index contributed by atoms with van der Waals surface area (Å²) >= 11 is 0. The monoisotopic (exact) mass is 348 g/mol. The van der Waals surface area contributed by atoms with Gasteiger partial charge in [0.2, 0.25) is 0 Å². The number of anilines is 1. The molecule has 1 fully saturated rings. The van der Waals surface area contributed by atoms with Crippen LogP contribution in [0.2, 0.25) is 0 Å². The highest BCUT2D eigenvalue weighted by atomic mass is 16.7. The molecule has 0 aromatic heterocycles. The van der Waals surface area contributed by atoms with Crippen molar-refractivity contribution in [1.29, 1.82) is 0 Å². The molecular weight excluding hydrogens is 316 g/mol. The van der Waals surface area contributed by atoms with Gasteiger partial charge in [-0.2, -0.15) is 0 Å². The maximum Gasteiger partial charge on any atom is 0.321 e. The summed E-state index contributed by atoms with van der Waals surface area (Å²) in [6, 6.07) is 5.91. The third kappa shape index (κ3) is 4.95. The fraction of sp³-hybridized carbons (Fsp3) is 0.650. The Bertz CT molecular complexity index is 570. The lowest BCUT2D eigenvalue weighted by molar-refractivity contribution is -0.279. The van der Waals surface area contributed by atoms with Crippen LogP contribution in [0.4, 0.5) is 10.5 Å². The van der Waals surface area contributed by atoms with Gasteiger partial charge in [-0.3, -0.25) is 0 Å². The minimum Gasteiger partial charge on any atom is -0.349 e. The smallest absolute Gasteiger partial charge is 0.321 e. The van der Waals surface area contributed by atoms with E-state index in [1.807, 2.05) is 12.1 Å². The Morgan fingerprint density at radius 3 is 2.28 bits per heavy atom. The number of aryl methyl sites for hydroxylation is 1. The van der Waals surface area contributed by atoms with Crippen LogP contribution in [0, 0.1) is 6.92 Å². The van der Waals surface area contributed by atoms with Crippen LogP contribution < -0.4 is 5.32 Å². The highest BCUT2D eigenvalue weighted by molar-refractivity contribution is 5.89. The van der Waals surface area contributed by atoms with Crippen molar-refractivity contribution in [3.8, 4) is 0 Å². The molecule has 0 aliphatic carbocycles. The van der Waals surface area contributed by atoms with E-state index in [2.05, 4.69) is 32.2 Å². The number of carbonyl (C=O) groups is 1. The first-order valence-electron chi connectivity index (χ1n) is 9.27. The van der Waals surface area contributed by atoms with E-state index < -0.39 is 5.79 Å². The topological polar surface area (TPSA) is 50.8 Å². The lowest BCUT2D eigenvalue weighted by Crippen LogP contribution is -2.43. The molecule has 1 saturated heterocycles. The third-order valence-electron chi connectivity index (χ3n) is 4.72. The maximum absolute atomic E-state index is 11.8. The van der Waals surface area contributed by atoms with Gasteiger partial charge in [0.25, 0.3) is 0 Å². The summed E-state index contributed by atoms with van der Waals surface area (Å²) in [5, 5.41) is 2.88. The fourth-order valence-electron chi connectivity index (χ4n) is 3.40. The van der Waals surface area contributed by atoms with Gasteiger partial charge in [-0.15, -0.1) is 0 Å². The fourth-order valence-corrected chi connectivity index (χ4v) is 3.40. The first-order valence-corrected chi connectivity index (χ1v) is 9.27. The first kappa shape index (κ1) is 19.7. The minimum absolute atomic E-state index is 0.125. The van der Waals surface area contributed by atoms with E-state index in [0.717, 1.165) is 36.9 Å². The molecule has 5 nitrogen and oxygen atoms in total. The standard InChI is InChI=1S/C20H32N2O3/c1-6-10-20(11-7-2)24-13-16(14-25-20)18-9-8-17(12-15(18)3)21-19(23)22(4)5/h8-9,12,16H,6-7,10-11,13-14H2,1-5H3,(H,21,23). The summed E-state index contributed by atoms with van der Waals surface area (Å²) in [4.78, 5) is 13.3. The highest BCUT2D eigenvalue weighted by Gasteiger charge is 2.36. The lowest BCUT2D eigenvalue weighted by Gasteiger charge is -2.40. The number of hydrogen-bond acceptors (Lipinski definition) is 3. The van der Waals surface area contributed by atoms with Gasteiger partial charge < -0.3 is 19.7 Å². The number of amides is 2. The van der Waals surface area contributed by atoms with Crippen molar-refractivity contribution in [2.24, 2.45) is 0 Å². The third-order valence-corrected chi connectivity index (χ3v) is 4.72. The van der Waals surface area contributed by atoms with Gasteiger partial charge in [0.1, 0.15) is 0 Å². The van der Waals surface area contributed by atoms with Crippen LogP contribution in [0.25, 0.3) is 0 Å². The summed E-state index contributed by atoms with van der Waals surface area (Å²) in [5.41, 5.74) is 3.18. The molecule has 140 valence electrons. The van der Waals surface area contributed by atoms with Crippen molar-refractivity contribution in [2.75, 3.05) is 32.6 Å². The molecule has 1 N–H and O–H groups in total. The van der Waals surface area contributed by atoms with E-state index >= 15 is 0 Å². The second-order valence-corrected chi connectivity index (χ2v) is 7.13. The normalized spacial score (nSPS) is 17.3. The van der Waals surface area contributed by atoms with Gasteiger partial charge in [0.05, 0.1) is 13.2 Å². The van der Waals surface area contributed by atoms with E-state index in [1.165, 1.54) is 10.5 Å². The van der Waals surface area contributed by atoms with Gasteiger partial charge in [-0.25, -0.2) is 4.79 Å². The van der Waals surface area contributed by atoms with Crippen molar-refractivity contribution in [3.63, 3.8) is 0 Å². The molecule has 0 radical (unpaired) electrons. The number of carbonyl (C=O) groups excluding carboxylic acids is 1. The molecule has 1 aromatic carbocycles. The van der Waals surface area contributed by atoms with Gasteiger partial charge in [-0.05, 0) is 30.2 Å². The summed E-state index contributed by atoms with van der Waals surface area (Å²) in [5.74, 6) is -0.159. The maximum atomic E-state index is 11.8. The van der Waals surface area contributed by atoms with Gasteiger partial charge >= 0.3 is 6.03 Å². The van der Waals surface area contributed by atoms with Crippen LogP contribution in [-0.2, 0) is 9.47 Å². The molecule has 1 aliphatic heterocycles. The molecule has 0 atom stereocenters. The van der Waals surface area contributed by atoms with Crippen molar-refractivity contribution in [2.45, 2.75) is 58.2 Å². The predicted molar refractivity (Wildman–Crippen MR) is 101 cm³/mol.